The summed E-state index contributed by atoms with van der Waals surface area (Å²) in [4.78, 5) is 55.0. The van der Waals surface area contributed by atoms with Crippen molar-refractivity contribution in [1.82, 2.24) is 9.88 Å². The van der Waals surface area contributed by atoms with Crippen molar-refractivity contribution in [2.24, 2.45) is 0 Å². The van der Waals surface area contributed by atoms with Gasteiger partial charge in [0.2, 0.25) is 0 Å². The minimum atomic E-state index is -1.38. The van der Waals surface area contributed by atoms with Crippen LogP contribution in [0.15, 0.2) is 63.8 Å². The lowest BCUT2D eigenvalue weighted by molar-refractivity contribution is -0.103. The van der Waals surface area contributed by atoms with Crippen molar-refractivity contribution in [2.45, 2.75) is 45.7 Å². The van der Waals surface area contributed by atoms with Gasteiger partial charge in [0, 0.05) is 11.3 Å². The fraction of sp³-hybridized carbons (Fsp3) is 0.312. The van der Waals surface area contributed by atoms with Gasteiger partial charge in [0.1, 0.15) is 47.7 Å². The van der Waals surface area contributed by atoms with Crippen LogP contribution in [0.2, 0.25) is 0 Å². The summed E-state index contributed by atoms with van der Waals surface area (Å²) in [7, 11) is 0. The minimum Gasteiger partial charge on any atom is -0.506 e. The first kappa shape index (κ1) is 31.1. The molecule has 1 fully saturated rings. The molecule has 0 saturated carbocycles. The molecule has 236 valence electrons. The van der Waals surface area contributed by atoms with Gasteiger partial charge in [-0.05, 0) is 50.6 Å². The van der Waals surface area contributed by atoms with Gasteiger partial charge in [-0.2, -0.15) is 0 Å². The SMILES string of the molecule is CCOC(=O)c1c(O)c2ccc(O[C@@H]3CN(C(=O)OCc4ccccc4)C[C@@H](OC(=O)c4ccc(C)[nH]4)[C@H]3O)c(C)c2oc1=O. The summed E-state index contributed by atoms with van der Waals surface area (Å²) >= 11 is 0. The van der Waals surface area contributed by atoms with Gasteiger partial charge in [-0.25, -0.2) is 19.2 Å². The zero-order valence-corrected chi connectivity index (χ0v) is 24.8. The Labute approximate surface area is 256 Å². The Morgan fingerprint density at radius 2 is 1.71 bits per heavy atom. The number of carbonyl (C=O) groups is 3. The zero-order chi connectivity index (χ0) is 32.2. The first-order valence-electron chi connectivity index (χ1n) is 14.2. The molecule has 0 spiro atoms. The quantitative estimate of drug-likeness (QED) is 0.149. The molecule has 1 saturated heterocycles. The molecule has 0 unspecified atom stereocenters. The van der Waals surface area contributed by atoms with Crippen molar-refractivity contribution < 1.29 is 48.0 Å². The lowest BCUT2D eigenvalue weighted by atomic mass is 10.0. The highest BCUT2D eigenvalue weighted by Gasteiger charge is 2.42. The number of fused-ring (bicyclic) bond motifs is 1. The van der Waals surface area contributed by atoms with Gasteiger partial charge in [0.15, 0.2) is 5.56 Å². The average molecular weight is 621 g/mol. The Bertz CT molecular complexity index is 1780. The third kappa shape index (κ3) is 6.63. The third-order valence-electron chi connectivity index (χ3n) is 7.34. The molecule has 3 N–H and O–H groups in total. The summed E-state index contributed by atoms with van der Waals surface area (Å²) in [5, 5.41) is 22.0. The summed E-state index contributed by atoms with van der Waals surface area (Å²) in [6, 6.07) is 15.1. The van der Waals surface area contributed by atoms with Crippen LogP contribution in [0.3, 0.4) is 0 Å². The summed E-state index contributed by atoms with van der Waals surface area (Å²) in [5.41, 5.74) is 0.144. The standard InChI is InChI=1S/C32H32N2O11/c1-4-41-30(38)25-26(35)20-11-13-22(18(3)28(20)45-31(25)39)43-23-14-34(32(40)42-16-19-8-6-5-7-9-19)15-24(27(23)36)44-29(37)21-12-10-17(2)33-21/h5-13,23-24,27,33,35-36H,4,14-16H2,1-3H3/t23-,24-,27+/m1/s1. The van der Waals surface area contributed by atoms with Gasteiger partial charge in [-0.1, -0.05) is 30.3 Å². The number of nitrogens with one attached hydrogen (secondary N) is 1. The number of piperidine rings is 1. The number of aryl methyl sites for hydroxylation is 2. The summed E-state index contributed by atoms with van der Waals surface area (Å²) < 4.78 is 27.5. The molecular weight excluding hydrogens is 588 g/mol. The van der Waals surface area contributed by atoms with E-state index in [1.165, 1.54) is 17.0 Å². The van der Waals surface area contributed by atoms with Crippen molar-refractivity contribution >= 4 is 29.0 Å². The van der Waals surface area contributed by atoms with Crippen LogP contribution < -0.4 is 10.4 Å². The number of aromatic nitrogens is 1. The highest BCUT2D eigenvalue weighted by Crippen LogP contribution is 2.34. The fourth-order valence-electron chi connectivity index (χ4n) is 5.00. The maximum atomic E-state index is 13.1. The van der Waals surface area contributed by atoms with Crippen LogP contribution in [-0.4, -0.2) is 76.1 Å². The van der Waals surface area contributed by atoms with E-state index in [0.29, 0.717) is 0 Å². The van der Waals surface area contributed by atoms with Crippen molar-refractivity contribution in [3.05, 3.63) is 93.1 Å². The lowest BCUT2D eigenvalue weighted by Crippen LogP contribution is -2.60. The Morgan fingerprint density at radius 3 is 2.40 bits per heavy atom. The topological polar surface area (TPSA) is 178 Å². The van der Waals surface area contributed by atoms with E-state index in [4.69, 9.17) is 23.4 Å². The van der Waals surface area contributed by atoms with Crippen molar-refractivity contribution in [1.29, 1.82) is 0 Å². The van der Waals surface area contributed by atoms with Crippen LogP contribution >= 0.6 is 0 Å². The lowest BCUT2D eigenvalue weighted by Gasteiger charge is -2.40. The predicted molar refractivity (Wildman–Crippen MR) is 158 cm³/mol. The van der Waals surface area contributed by atoms with E-state index in [0.717, 1.165) is 11.3 Å². The largest absolute Gasteiger partial charge is 0.506 e. The summed E-state index contributed by atoms with van der Waals surface area (Å²) in [5.74, 6) is -2.22. The number of hydrogen-bond acceptors (Lipinski definition) is 11. The number of H-pyrrole nitrogens is 1. The highest BCUT2D eigenvalue weighted by molar-refractivity contribution is 5.99. The van der Waals surface area contributed by atoms with Crippen molar-refractivity contribution in [3.63, 3.8) is 0 Å². The van der Waals surface area contributed by atoms with Gasteiger partial charge < -0.3 is 43.5 Å². The minimum absolute atomic E-state index is 0.00342. The zero-order valence-electron chi connectivity index (χ0n) is 24.8. The number of likely N-dealkylation sites (tertiary alicyclic amines) is 1. The molecule has 2 aromatic heterocycles. The number of aromatic hydroxyl groups is 1. The number of benzene rings is 2. The molecule has 3 atom stereocenters. The smallest absolute Gasteiger partial charge is 0.410 e. The number of rotatable bonds is 8. The number of amides is 1. The highest BCUT2D eigenvalue weighted by atomic mass is 16.6. The van der Waals surface area contributed by atoms with E-state index in [2.05, 4.69) is 4.98 Å². The number of carbonyl (C=O) groups excluding carboxylic acids is 3. The number of nitrogens with zero attached hydrogens (tertiary/aromatic N) is 1. The van der Waals surface area contributed by atoms with Crippen molar-refractivity contribution in [2.75, 3.05) is 19.7 Å². The van der Waals surface area contributed by atoms with E-state index in [-0.39, 0.29) is 54.3 Å². The Morgan fingerprint density at radius 1 is 0.978 bits per heavy atom. The number of aliphatic hydroxyl groups excluding tert-OH is 1. The van der Waals surface area contributed by atoms with Crippen LogP contribution in [0.1, 0.15) is 44.6 Å². The van der Waals surface area contributed by atoms with E-state index in [1.54, 1.807) is 45.0 Å². The molecule has 0 radical (unpaired) electrons. The van der Waals surface area contributed by atoms with Gasteiger partial charge in [0.05, 0.1) is 25.1 Å². The van der Waals surface area contributed by atoms with Gasteiger partial charge >= 0.3 is 23.7 Å². The monoisotopic (exact) mass is 620 g/mol. The molecule has 3 heterocycles. The maximum Gasteiger partial charge on any atom is 0.410 e. The molecule has 45 heavy (non-hydrogen) atoms. The van der Waals surface area contributed by atoms with Crippen LogP contribution in [0.5, 0.6) is 11.5 Å². The molecule has 13 nitrogen and oxygen atoms in total. The fourth-order valence-corrected chi connectivity index (χ4v) is 5.00. The average Bonchev–Trinajstić information content (AvgIpc) is 3.46. The Kier molecular flexibility index (Phi) is 9.09. The van der Waals surface area contributed by atoms with Crippen LogP contribution in [0.4, 0.5) is 4.79 Å². The summed E-state index contributed by atoms with van der Waals surface area (Å²) in [6.07, 6.45) is -4.42. The number of hydrogen-bond donors (Lipinski definition) is 3. The van der Waals surface area contributed by atoms with E-state index in [9.17, 15) is 29.4 Å². The number of esters is 2. The first-order valence-corrected chi connectivity index (χ1v) is 14.2. The molecule has 1 aliphatic rings. The second-order valence-corrected chi connectivity index (χ2v) is 10.5. The molecule has 0 aliphatic carbocycles. The molecule has 5 rings (SSSR count). The Hall–Kier alpha value is -5.30. The van der Waals surface area contributed by atoms with Crippen molar-refractivity contribution in [3.8, 4) is 11.5 Å². The van der Waals surface area contributed by atoms with E-state index in [1.807, 2.05) is 18.2 Å². The normalized spacial score (nSPS) is 18.0. The first-order chi connectivity index (χ1) is 21.6. The Balaban J connectivity index is 1.42. The predicted octanol–water partition coefficient (Wildman–Crippen LogP) is 3.61. The second-order valence-electron chi connectivity index (χ2n) is 10.5. The van der Waals surface area contributed by atoms with E-state index < -0.39 is 53.3 Å². The van der Waals surface area contributed by atoms with E-state index >= 15 is 0 Å². The van der Waals surface area contributed by atoms with Crippen LogP contribution in [0.25, 0.3) is 11.0 Å². The van der Waals surface area contributed by atoms with Gasteiger partial charge in [-0.3, -0.25) is 0 Å². The third-order valence-corrected chi connectivity index (χ3v) is 7.34. The molecule has 2 aromatic carbocycles. The van der Waals surface area contributed by atoms with Gasteiger partial charge in [-0.15, -0.1) is 0 Å². The molecule has 1 aliphatic heterocycles. The maximum absolute atomic E-state index is 13.1. The molecular formula is C32H32N2O11. The van der Waals surface area contributed by atoms with Crippen LogP contribution in [0, 0.1) is 13.8 Å². The second kappa shape index (κ2) is 13.1. The number of aromatic amines is 1. The molecule has 0 bridgehead atoms. The number of ether oxygens (including phenoxy) is 4. The number of aliphatic hydroxyl groups is 1. The summed E-state index contributed by atoms with van der Waals surface area (Å²) in [6.45, 7) is 4.55. The molecule has 13 heteroatoms. The van der Waals surface area contributed by atoms with Crippen LogP contribution in [-0.2, 0) is 20.8 Å². The van der Waals surface area contributed by atoms with Gasteiger partial charge in [0.25, 0.3) is 0 Å². The molecule has 1 amide bonds. The molecule has 4 aromatic rings.